The highest BCUT2D eigenvalue weighted by Gasteiger charge is 2.48. The van der Waals surface area contributed by atoms with Crippen LogP contribution in [-0.2, 0) is 25.7 Å². The van der Waals surface area contributed by atoms with E-state index >= 15 is 0 Å². The van der Waals surface area contributed by atoms with E-state index in [2.05, 4.69) is 10.3 Å². The highest BCUT2D eigenvalue weighted by molar-refractivity contribution is 6.21. The number of amides is 4. The molecule has 0 saturated carbocycles. The molecule has 1 N–H and O–H groups in total. The van der Waals surface area contributed by atoms with Gasteiger partial charge in [0.15, 0.2) is 5.58 Å². The van der Waals surface area contributed by atoms with Crippen LogP contribution in [-0.4, -0.2) is 51.0 Å². The van der Waals surface area contributed by atoms with Gasteiger partial charge in [-0.2, -0.15) is 0 Å². The van der Waals surface area contributed by atoms with Gasteiger partial charge in [0.2, 0.25) is 17.7 Å². The number of hydrogen-bond donors (Lipinski definition) is 1. The van der Waals surface area contributed by atoms with Crippen molar-refractivity contribution in [3.63, 3.8) is 0 Å². The zero-order valence-electron chi connectivity index (χ0n) is 15.5. The van der Waals surface area contributed by atoms with Crippen molar-refractivity contribution in [1.29, 1.82) is 0 Å². The van der Waals surface area contributed by atoms with Gasteiger partial charge in [0.1, 0.15) is 17.3 Å². The summed E-state index contributed by atoms with van der Waals surface area (Å²) >= 11 is 0. The fourth-order valence-electron chi connectivity index (χ4n) is 4.21. The summed E-state index contributed by atoms with van der Waals surface area (Å²) < 4.78 is 5.77. The molecule has 0 radical (unpaired) electrons. The molecule has 4 heterocycles. The van der Waals surface area contributed by atoms with Crippen LogP contribution in [0.1, 0.15) is 31.6 Å². The molecule has 5 rings (SSSR count). The van der Waals surface area contributed by atoms with Gasteiger partial charge in [0, 0.05) is 18.5 Å². The number of nitrogens with zero attached hydrogens (tertiary/aromatic N) is 3. The number of fused-ring (bicyclic) bond motifs is 1. The maximum atomic E-state index is 13.1. The van der Waals surface area contributed by atoms with E-state index in [1.807, 2.05) is 24.3 Å². The number of carbonyl (C=O) groups is 4. The summed E-state index contributed by atoms with van der Waals surface area (Å²) in [7, 11) is 0. The van der Waals surface area contributed by atoms with Crippen LogP contribution in [0.4, 0.5) is 0 Å². The van der Waals surface area contributed by atoms with E-state index in [0.29, 0.717) is 42.1 Å². The fourth-order valence-corrected chi connectivity index (χ4v) is 4.21. The molecule has 29 heavy (non-hydrogen) atoms. The van der Waals surface area contributed by atoms with Crippen molar-refractivity contribution in [3.05, 3.63) is 41.4 Å². The largest absolute Gasteiger partial charge is 0.439 e. The minimum absolute atomic E-state index is 0.102. The zero-order chi connectivity index (χ0) is 20.1. The van der Waals surface area contributed by atoms with Crippen molar-refractivity contribution in [3.8, 4) is 0 Å². The summed E-state index contributed by atoms with van der Waals surface area (Å²) in [5, 5.41) is 2.21. The van der Waals surface area contributed by atoms with E-state index in [0.717, 1.165) is 10.4 Å². The smallest absolute Gasteiger partial charge is 0.278 e. The number of piperidine rings is 1. The highest BCUT2D eigenvalue weighted by Crippen LogP contribution is 2.34. The molecule has 1 fully saturated rings. The molecule has 0 spiro atoms. The van der Waals surface area contributed by atoms with E-state index < -0.39 is 23.8 Å². The molecule has 1 aromatic heterocycles. The molecule has 3 aliphatic heterocycles. The van der Waals surface area contributed by atoms with Gasteiger partial charge in [-0.3, -0.25) is 29.4 Å². The predicted molar refractivity (Wildman–Crippen MR) is 98.7 cm³/mol. The Kier molecular flexibility index (Phi) is 3.97. The Labute approximate surface area is 165 Å². The Bertz CT molecular complexity index is 1070. The second kappa shape index (κ2) is 6.54. The normalized spacial score (nSPS) is 22.6. The molecule has 1 aromatic carbocycles. The fraction of sp³-hybridized carbons (Fsp3) is 0.350. The molecule has 1 atom stereocenters. The van der Waals surface area contributed by atoms with Crippen LogP contribution in [0.25, 0.3) is 11.1 Å². The van der Waals surface area contributed by atoms with Crippen LogP contribution in [0.3, 0.4) is 0 Å². The van der Waals surface area contributed by atoms with E-state index in [1.165, 1.54) is 0 Å². The summed E-state index contributed by atoms with van der Waals surface area (Å²) in [5.41, 5.74) is 2.12. The number of imide groups is 2. The summed E-state index contributed by atoms with van der Waals surface area (Å²) in [5.74, 6) is -1.47. The summed E-state index contributed by atoms with van der Waals surface area (Å²) in [6.45, 7) is 0.843. The number of carbonyl (C=O) groups excluding carboxylic acids is 4. The minimum Gasteiger partial charge on any atom is -0.439 e. The first kappa shape index (κ1) is 17.6. The van der Waals surface area contributed by atoms with Crippen LogP contribution in [0.5, 0.6) is 0 Å². The Morgan fingerprint density at radius 1 is 1.10 bits per heavy atom. The molecule has 1 saturated heterocycles. The first-order valence-corrected chi connectivity index (χ1v) is 9.57. The number of aromatic nitrogens is 1. The molecule has 148 valence electrons. The lowest BCUT2D eigenvalue weighted by Crippen LogP contribution is -2.55. The van der Waals surface area contributed by atoms with Crippen LogP contribution < -0.4 is 5.32 Å². The maximum Gasteiger partial charge on any atom is 0.278 e. The summed E-state index contributed by atoms with van der Waals surface area (Å²) in [6, 6.07) is 6.44. The quantitative estimate of drug-likeness (QED) is 0.768. The number of hydrogen-bond acceptors (Lipinski definition) is 7. The van der Waals surface area contributed by atoms with Crippen molar-refractivity contribution in [2.24, 2.45) is 0 Å². The number of nitrogens with one attached hydrogen (secondary N) is 1. The maximum absolute atomic E-state index is 13.1. The second-order valence-corrected chi connectivity index (χ2v) is 7.37. The summed E-state index contributed by atoms with van der Waals surface area (Å²) in [4.78, 5) is 57.0. The average Bonchev–Trinajstić information content (AvgIpc) is 3.22. The molecular weight excluding hydrogens is 376 g/mol. The van der Waals surface area contributed by atoms with Gasteiger partial charge in [-0.1, -0.05) is 12.1 Å². The van der Waals surface area contributed by atoms with Gasteiger partial charge in [0.05, 0.1) is 6.54 Å². The van der Waals surface area contributed by atoms with Crippen LogP contribution in [0, 0.1) is 0 Å². The molecule has 1 unspecified atom stereocenters. The molecule has 2 aromatic rings. The molecule has 4 amide bonds. The third-order valence-corrected chi connectivity index (χ3v) is 5.54. The second-order valence-electron chi connectivity index (χ2n) is 7.37. The van der Waals surface area contributed by atoms with Crippen molar-refractivity contribution in [2.75, 3.05) is 6.54 Å². The van der Waals surface area contributed by atoms with Crippen molar-refractivity contribution in [1.82, 2.24) is 20.1 Å². The molecule has 0 aliphatic carbocycles. The first-order chi connectivity index (χ1) is 14.0. The standard InChI is InChI=1S/C20H18N4O5/c25-15-8-7-13(18(26)22-15)24-19(27)11-4-3-9-23(17(11)20(24)28)10-16-21-12-5-1-2-6-14(12)29-16/h1-2,5-6,13H,3-4,7-10H2,(H,22,25,26). The van der Waals surface area contributed by atoms with E-state index in [4.69, 9.17) is 4.42 Å². The van der Waals surface area contributed by atoms with Crippen molar-refractivity contribution in [2.45, 2.75) is 38.3 Å². The van der Waals surface area contributed by atoms with Crippen LogP contribution in [0.2, 0.25) is 0 Å². The van der Waals surface area contributed by atoms with Gasteiger partial charge in [-0.05, 0) is 31.4 Å². The molecule has 9 heteroatoms. The molecule has 3 aliphatic rings. The highest BCUT2D eigenvalue weighted by atomic mass is 16.3. The monoisotopic (exact) mass is 394 g/mol. The van der Waals surface area contributed by atoms with Crippen LogP contribution >= 0.6 is 0 Å². The number of rotatable bonds is 3. The third kappa shape index (κ3) is 2.81. The number of benzene rings is 1. The lowest BCUT2D eigenvalue weighted by molar-refractivity contribution is -0.150. The molecule has 0 bridgehead atoms. The number of para-hydroxylation sites is 2. The first-order valence-electron chi connectivity index (χ1n) is 9.57. The minimum atomic E-state index is -0.954. The van der Waals surface area contributed by atoms with Gasteiger partial charge in [-0.25, -0.2) is 4.98 Å². The van der Waals surface area contributed by atoms with Crippen LogP contribution in [0.15, 0.2) is 40.0 Å². The Balaban J connectivity index is 1.43. The van der Waals surface area contributed by atoms with Gasteiger partial charge in [-0.15, -0.1) is 0 Å². The Morgan fingerprint density at radius 3 is 2.72 bits per heavy atom. The lowest BCUT2D eigenvalue weighted by Gasteiger charge is -2.30. The van der Waals surface area contributed by atoms with Gasteiger partial charge < -0.3 is 9.32 Å². The topological polar surface area (TPSA) is 113 Å². The zero-order valence-corrected chi connectivity index (χ0v) is 15.5. The molecular formula is C20H18N4O5. The summed E-state index contributed by atoms with van der Waals surface area (Å²) in [6.07, 6.45) is 1.44. The van der Waals surface area contributed by atoms with E-state index in [-0.39, 0.29) is 25.3 Å². The Hall–Kier alpha value is -3.49. The third-order valence-electron chi connectivity index (χ3n) is 5.54. The van der Waals surface area contributed by atoms with Crippen molar-refractivity contribution >= 4 is 34.7 Å². The predicted octanol–water partition coefficient (Wildman–Crippen LogP) is 0.852. The SMILES string of the molecule is O=C1CCC(N2C(=O)C3=C(C2=O)N(Cc2nc4ccccc4o2)CCC3)C(=O)N1. The van der Waals surface area contributed by atoms with Crippen molar-refractivity contribution < 1.29 is 23.6 Å². The Morgan fingerprint density at radius 2 is 1.93 bits per heavy atom. The average molecular weight is 394 g/mol. The van der Waals surface area contributed by atoms with E-state index in [9.17, 15) is 19.2 Å². The van der Waals surface area contributed by atoms with E-state index in [1.54, 1.807) is 4.90 Å². The molecule has 9 nitrogen and oxygen atoms in total. The van der Waals surface area contributed by atoms with Gasteiger partial charge in [0.25, 0.3) is 11.8 Å². The lowest BCUT2D eigenvalue weighted by atomic mass is 10.0. The van der Waals surface area contributed by atoms with Gasteiger partial charge >= 0.3 is 0 Å². The number of oxazole rings is 1.